The highest BCUT2D eigenvalue weighted by atomic mass is 35.5. The van der Waals surface area contributed by atoms with Crippen LogP contribution in [0.5, 0.6) is 5.75 Å². The summed E-state index contributed by atoms with van der Waals surface area (Å²) < 4.78 is 30.6. The average Bonchev–Trinajstić information content (AvgIpc) is 3.13. The fourth-order valence-electron chi connectivity index (χ4n) is 2.89. The molecule has 1 N–H and O–H groups in total. The Morgan fingerprint density at radius 3 is 2.65 bits per heavy atom. The first-order chi connectivity index (χ1) is 12.4. The standard InChI is InChI=1S/C18H19ClN2O4S/c1-25-15-4-2-3-14(11-15)20-18(22)21-10-9-17(12-21)26(23,24)16-7-5-13(19)6-8-16/h2-8,11,17H,9-10,12H2,1H3,(H,20,22). The molecule has 1 saturated heterocycles. The number of nitrogens with one attached hydrogen (secondary N) is 1. The lowest BCUT2D eigenvalue weighted by Gasteiger charge is -2.18. The van der Waals surface area contributed by atoms with Gasteiger partial charge in [0.15, 0.2) is 9.84 Å². The molecule has 1 unspecified atom stereocenters. The van der Waals surface area contributed by atoms with E-state index in [4.69, 9.17) is 16.3 Å². The van der Waals surface area contributed by atoms with Crippen molar-refractivity contribution in [3.8, 4) is 5.75 Å². The van der Waals surface area contributed by atoms with Gasteiger partial charge in [-0.05, 0) is 42.8 Å². The molecule has 0 spiro atoms. The monoisotopic (exact) mass is 394 g/mol. The summed E-state index contributed by atoms with van der Waals surface area (Å²) in [6.07, 6.45) is 0.399. The number of sulfone groups is 1. The molecule has 0 bridgehead atoms. The lowest BCUT2D eigenvalue weighted by molar-refractivity contribution is 0.222. The van der Waals surface area contributed by atoms with E-state index >= 15 is 0 Å². The molecule has 0 aliphatic carbocycles. The van der Waals surface area contributed by atoms with E-state index < -0.39 is 15.1 Å². The van der Waals surface area contributed by atoms with Crippen LogP contribution < -0.4 is 10.1 Å². The third-order valence-electron chi connectivity index (χ3n) is 4.33. The van der Waals surface area contributed by atoms with Gasteiger partial charge in [-0.15, -0.1) is 0 Å². The van der Waals surface area contributed by atoms with Gasteiger partial charge < -0.3 is 15.0 Å². The highest BCUT2D eigenvalue weighted by Crippen LogP contribution is 2.26. The number of rotatable bonds is 4. The van der Waals surface area contributed by atoms with Crippen LogP contribution in [0, 0.1) is 0 Å². The molecule has 1 aliphatic rings. The molecule has 1 aliphatic heterocycles. The van der Waals surface area contributed by atoms with E-state index in [1.54, 1.807) is 43.5 Å². The molecule has 8 heteroatoms. The Morgan fingerprint density at radius 2 is 1.96 bits per heavy atom. The van der Waals surface area contributed by atoms with Crippen molar-refractivity contribution in [3.05, 3.63) is 53.6 Å². The number of halogens is 1. The van der Waals surface area contributed by atoms with Gasteiger partial charge in [-0.3, -0.25) is 0 Å². The van der Waals surface area contributed by atoms with Crippen molar-refractivity contribution >= 4 is 33.2 Å². The second kappa shape index (κ2) is 7.55. The van der Waals surface area contributed by atoms with Crippen molar-refractivity contribution in [3.63, 3.8) is 0 Å². The molecule has 0 radical (unpaired) electrons. The molecule has 3 rings (SSSR count). The van der Waals surface area contributed by atoms with Crippen LogP contribution in [-0.4, -0.2) is 44.8 Å². The maximum Gasteiger partial charge on any atom is 0.321 e. The molecule has 1 fully saturated rings. The number of carbonyl (C=O) groups excluding carboxylic acids is 1. The quantitative estimate of drug-likeness (QED) is 0.861. The summed E-state index contributed by atoms with van der Waals surface area (Å²) in [7, 11) is -1.96. The molecule has 2 amide bonds. The Morgan fingerprint density at radius 1 is 1.23 bits per heavy atom. The predicted octanol–water partition coefficient (Wildman–Crippen LogP) is 3.43. The van der Waals surface area contributed by atoms with Gasteiger partial charge in [-0.1, -0.05) is 17.7 Å². The minimum absolute atomic E-state index is 0.154. The Hall–Kier alpha value is -2.25. The first-order valence-electron chi connectivity index (χ1n) is 8.09. The lowest BCUT2D eigenvalue weighted by Crippen LogP contribution is -2.35. The summed E-state index contributed by atoms with van der Waals surface area (Å²) in [5, 5.41) is 2.63. The van der Waals surface area contributed by atoms with Gasteiger partial charge >= 0.3 is 6.03 Å². The normalized spacial score (nSPS) is 17.2. The molecule has 1 heterocycles. The first kappa shape index (κ1) is 18.5. The van der Waals surface area contributed by atoms with E-state index in [1.807, 2.05) is 0 Å². The number of hydrogen-bond donors (Lipinski definition) is 1. The smallest absolute Gasteiger partial charge is 0.321 e. The Balaban J connectivity index is 1.67. The molecule has 26 heavy (non-hydrogen) atoms. The topological polar surface area (TPSA) is 75.7 Å². The molecule has 138 valence electrons. The summed E-state index contributed by atoms with van der Waals surface area (Å²) >= 11 is 5.82. The SMILES string of the molecule is COc1cccc(NC(=O)N2CCC(S(=O)(=O)c3ccc(Cl)cc3)C2)c1. The summed E-state index contributed by atoms with van der Waals surface area (Å²) in [4.78, 5) is 14.2. The number of amides is 2. The Labute approximate surface area is 157 Å². The van der Waals surface area contributed by atoms with E-state index in [0.717, 1.165) is 0 Å². The van der Waals surface area contributed by atoms with Gasteiger partial charge in [0.1, 0.15) is 5.75 Å². The summed E-state index contributed by atoms with van der Waals surface area (Å²) in [6.45, 7) is 0.536. The lowest BCUT2D eigenvalue weighted by atomic mass is 10.3. The molecule has 0 saturated carbocycles. The first-order valence-corrected chi connectivity index (χ1v) is 10.0. The third kappa shape index (κ3) is 3.94. The van der Waals surface area contributed by atoms with Crippen LogP contribution in [0.25, 0.3) is 0 Å². The second-order valence-electron chi connectivity index (χ2n) is 6.02. The van der Waals surface area contributed by atoms with Crippen molar-refractivity contribution in [2.45, 2.75) is 16.6 Å². The van der Waals surface area contributed by atoms with E-state index in [-0.39, 0.29) is 17.5 Å². The highest BCUT2D eigenvalue weighted by Gasteiger charge is 2.36. The number of hydrogen-bond acceptors (Lipinski definition) is 4. The van der Waals surface area contributed by atoms with Crippen molar-refractivity contribution in [2.75, 3.05) is 25.5 Å². The number of urea groups is 1. The van der Waals surface area contributed by atoms with Gasteiger partial charge in [0.2, 0.25) is 0 Å². The molecule has 2 aromatic carbocycles. The fraction of sp³-hybridized carbons (Fsp3) is 0.278. The van der Waals surface area contributed by atoms with Crippen LogP contribution in [-0.2, 0) is 9.84 Å². The molecule has 0 aromatic heterocycles. The van der Waals surface area contributed by atoms with E-state index in [9.17, 15) is 13.2 Å². The van der Waals surface area contributed by atoms with Crippen molar-refractivity contribution in [2.24, 2.45) is 0 Å². The van der Waals surface area contributed by atoms with Crippen molar-refractivity contribution in [1.29, 1.82) is 0 Å². The van der Waals surface area contributed by atoms with Gasteiger partial charge in [0, 0.05) is 29.9 Å². The van der Waals surface area contributed by atoms with Gasteiger partial charge in [-0.25, -0.2) is 13.2 Å². The molecular formula is C18H19ClN2O4S. The average molecular weight is 395 g/mol. The summed E-state index contributed by atoms with van der Waals surface area (Å²) in [5.41, 5.74) is 0.596. The number of nitrogens with zero attached hydrogens (tertiary/aromatic N) is 1. The number of anilines is 1. The van der Waals surface area contributed by atoms with Gasteiger partial charge in [-0.2, -0.15) is 0 Å². The third-order valence-corrected chi connectivity index (χ3v) is 6.78. The maximum absolute atomic E-state index is 12.7. The highest BCUT2D eigenvalue weighted by molar-refractivity contribution is 7.92. The molecule has 1 atom stereocenters. The zero-order valence-electron chi connectivity index (χ0n) is 14.2. The minimum Gasteiger partial charge on any atom is -0.497 e. The van der Waals surface area contributed by atoms with Gasteiger partial charge in [0.05, 0.1) is 17.3 Å². The number of carbonyl (C=O) groups is 1. The van der Waals surface area contributed by atoms with E-state index in [1.165, 1.54) is 17.0 Å². The summed E-state index contributed by atoms with van der Waals surface area (Å²) in [5.74, 6) is 0.632. The van der Waals surface area contributed by atoms with Crippen molar-refractivity contribution in [1.82, 2.24) is 4.90 Å². The van der Waals surface area contributed by atoms with Crippen LogP contribution in [0.1, 0.15) is 6.42 Å². The van der Waals surface area contributed by atoms with Crippen LogP contribution in [0.3, 0.4) is 0 Å². The van der Waals surface area contributed by atoms with Crippen LogP contribution in [0.4, 0.5) is 10.5 Å². The largest absolute Gasteiger partial charge is 0.497 e. The zero-order chi connectivity index (χ0) is 18.7. The maximum atomic E-state index is 12.7. The van der Waals surface area contributed by atoms with Crippen LogP contribution in [0.2, 0.25) is 5.02 Å². The predicted molar refractivity (Wildman–Crippen MR) is 101 cm³/mol. The Kier molecular flexibility index (Phi) is 5.38. The fourth-order valence-corrected chi connectivity index (χ4v) is 4.70. The minimum atomic E-state index is -3.51. The molecule has 6 nitrogen and oxygen atoms in total. The van der Waals surface area contributed by atoms with Crippen molar-refractivity contribution < 1.29 is 17.9 Å². The van der Waals surface area contributed by atoms with Crippen LogP contribution in [0.15, 0.2) is 53.4 Å². The number of likely N-dealkylation sites (tertiary alicyclic amines) is 1. The van der Waals surface area contributed by atoms with Crippen LogP contribution >= 0.6 is 11.6 Å². The second-order valence-corrected chi connectivity index (χ2v) is 8.68. The molecular weight excluding hydrogens is 376 g/mol. The number of benzene rings is 2. The number of methoxy groups -OCH3 is 1. The van der Waals surface area contributed by atoms with E-state index in [2.05, 4.69) is 5.32 Å². The zero-order valence-corrected chi connectivity index (χ0v) is 15.8. The number of ether oxygens (including phenoxy) is 1. The van der Waals surface area contributed by atoms with Gasteiger partial charge in [0.25, 0.3) is 0 Å². The Bertz CT molecular complexity index is 900. The molecule has 2 aromatic rings. The summed E-state index contributed by atoms with van der Waals surface area (Å²) in [6, 6.07) is 12.8. The van der Waals surface area contributed by atoms with E-state index in [0.29, 0.717) is 29.4 Å².